The van der Waals surface area contributed by atoms with Gasteiger partial charge in [-0.05, 0) is 6.07 Å². The van der Waals surface area contributed by atoms with Gasteiger partial charge in [0, 0.05) is 6.54 Å². The van der Waals surface area contributed by atoms with E-state index in [1.807, 2.05) is 0 Å². The first-order valence-corrected chi connectivity index (χ1v) is 3.77. The Morgan fingerprint density at radius 2 is 2.15 bits per heavy atom. The van der Waals surface area contributed by atoms with E-state index >= 15 is 0 Å². The largest absolute Gasteiger partial charge is 0.325 e. The number of alkyl halides is 2. The molecular weight excluding hydrogens is 205 g/mol. The topological polar surface area (TPSA) is 38.9 Å². The van der Waals surface area contributed by atoms with Gasteiger partial charge in [0.25, 0.3) is 6.43 Å². The van der Waals surface area contributed by atoms with Gasteiger partial charge in [-0.25, -0.2) is 13.8 Å². The smallest absolute Gasteiger partial charge is 0.268 e. The third-order valence-electron chi connectivity index (χ3n) is 1.46. The highest BCUT2D eigenvalue weighted by Crippen LogP contribution is 2.25. The number of nitrogens with two attached hydrogens (primary N) is 1. The monoisotopic (exact) mass is 210 g/mol. The maximum atomic E-state index is 12.8. The molecule has 1 heterocycles. The van der Waals surface area contributed by atoms with Crippen molar-refractivity contribution in [2.24, 2.45) is 5.73 Å². The summed E-state index contributed by atoms with van der Waals surface area (Å²) in [5, 5.41) is -0.0424. The number of hydrogen-bond donors (Lipinski definition) is 1. The number of halogens is 4. The molecule has 0 bridgehead atoms. The zero-order valence-corrected chi connectivity index (χ0v) is 7.15. The van der Waals surface area contributed by atoms with E-state index in [1.54, 1.807) is 0 Å². The molecule has 0 spiro atoms. The molecule has 1 aromatic rings. The molecule has 0 radical (unpaired) electrons. The molecule has 0 aromatic carbocycles. The Balaban J connectivity index is 3.20. The lowest BCUT2D eigenvalue weighted by Crippen LogP contribution is -2.05. The lowest BCUT2D eigenvalue weighted by atomic mass is 10.2. The lowest BCUT2D eigenvalue weighted by Gasteiger charge is -2.04. The quantitative estimate of drug-likeness (QED) is 0.761. The number of hydrogen-bond acceptors (Lipinski definition) is 2. The number of nitrogens with zero attached hydrogens (tertiary/aromatic N) is 1. The van der Waals surface area contributed by atoms with Crippen molar-refractivity contribution in [2.45, 2.75) is 13.0 Å². The van der Waals surface area contributed by atoms with Gasteiger partial charge in [-0.15, -0.1) is 0 Å². The Labute approximate surface area is 77.5 Å². The van der Waals surface area contributed by atoms with E-state index in [9.17, 15) is 13.2 Å². The average molecular weight is 211 g/mol. The molecule has 0 amide bonds. The van der Waals surface area contributed by atoms with Gasteiger partial charge >= 0.3 is 0 Å². The summed E-state index contributed by atoms with van der Waals surface area (Å²) in [6.45, 7) is -0.0841. The molecule has 2 nitrogen and oxygen atoms in total. The van der Waals surface area contributed by atoms with Crippen LogP contribution in [0.1, 0.15) is 17.7 Å². The second kappa shape index (κ2) is 3.93. The van der Waals surface area contributed by atoms with E-state index in [4.69, 9.17) is 17.3 Å². The van der Waals surface area contributed by atoms with E-state index in [0.717, 1.165) is 6.07 Å². The highest BCUT2D eigenvalue weighted by atomic mass is 35.5. The summed E-state index contributed by atoms with van der Waals surface area (Å²) in [5.74, 6) is -1.22. The van der Waals surface area contributed by atoms with Crippen molar-refractivity contribution in [3.63, 3.8) is 0 Å². The maximum Gasteiger partial charge on any atom is 0.268 e. The Bertz CT molecular complexity index is 317. The third-order valence-corrected chi connectivity index (χ3v) is 1.78. The Kier molecular flexibility index (Phi) is 3.11. The van der Waals surface area contributed by atoms with Crippen LogP contribution in [0.25, 0.3) is 0 Å². The van der Waals surface area contributed by atoms with Crippen molar-refractivity contribution in [1.29, 1.82) is 0 Å². The highest BCUT2D eigenvalue weighted by Gasteiger charge is 2.17. The zero-order chi connectivity index (χ0) is 10.0. The molecule has 2 N–H and O–H groups in total. The molecule has 0 aliphatic carbocycles. The van der Waals surface area contributed by atoms with E-state index < -0.39 is 17.9 Å². The zero-order valence-electron chi connectivity index (χ0n) is 6.40. The van der Waals surface area contributed by atoms with Crippen molar-refractivity contribution >= 4 is 11.6 Å². The van der Waals surface area contributed by atoms with Crippen molar-refractivity contribution in [1.82, 2.24) is 4.98 Å². The standard InChI is InChI=1S/C7H6ClF3N2/c8-4-1-3(6(9)10)7(11)13-5(4)2-12/h1,6H,2,12H2. The molecule has 6 heteroatoms. The minimum absolute atomic E-state index is 0.0424. The summed E-state index contributed by atoms with van der Waals surface area (Å²) >= 11 is 5.50. The normalized spacial score (nSPS) is 10.9. The summed E-state index contributed by atoms with van der Waals surface area (Å²) in [6.07, 6.45) is -2.92. The lowest BCUT2D eigenvalue weighted by molar-refractivity contribution is 0.145. The van der Waals surface area contributed by atoms with E-state index in [0.29, 0.717) is 0 Å². The fraction of sp³-hybridized carbons (Fsp3) is 0.286. The molecule has 0 fully saturated rings. The van der Waals surface area contributed by atoms with Crippen LogP contribution in [0.5, 0.6) is 0 Å². The van der Waals surface area contributed by atoms with Crippen LogP contribution in [-0.2, 0) is 6.54 Å². The van der Waals surface area contributed by atoms with Crippen LogP contribution >= 0.6 is 11.6 Å². The molecular formula is C7H6ClF3N2. The van der Waals surface area contributed by atoms with Gasteiger partial charge in [0.2, 0.25) is 5.95 Å². The van der Waals surface area contributed by atoms with Crippen LogP contribution in [0.15, 0.2) is 6.07 Å². The minimum Gasteiger partial charge on any atom is -0.325 e. The molecule has 13 heavy (non-hydrogen) atoms. The van der Waals surface area contributed by atoms with Gasteiger partial charge in [-0.1, -0.05) is 11.6 Å². The molecule has 0 atom stereocenters. The maximum absolute atomic E-state index is 12.8. The van der Waals surface area contributed by atoms with E-state index in [1.165, 1.54) is 0 Å². The first kappa shape index (κ1) is 10.3. The van der Waals surface area contributed by atoms with Crippen LogP contribution in [0.3, 0.4) is 0 Å². The molecule has 0 unspecified atom stereocenters. The minimum atomic E-state index is -2.92. The molecule has 1 rings (SSSR count). The van der Waals surface area contributed by atoms with Crippen LogP contribution in [0.4, 0.5) is 13.2 Å². The summed E-state index contributed by atoms with van der Waals surface area (Å²) < 4.78 is 36.9. The fourth-order valence-electron chi connectivity index (χ4n) is 0.812. The summed E-state index contributed by atoms with van der Waals surface area (Å²) in [6, 6.07) is 0.844. The van der Waals surface area contributed by atoms with Gasteiger partial charge in [0.05, 0.1) is 16.3 Å². The van der Waals surface area contributed by atoms with E-state index in [2.05, 4.69) is 4.98 Å². The highest BCUT2D eigenvalue weighted by molar-refractivity contribution is 6.31. The average Bonchev–Trinajstić information content (AvgIpc) is 2.07. The number of rotatable bonds is 2. The van der Waals surface area contributed by atoms with Gasteiger partial charge in [-0.3, -0.25) is 0 Å². The predicted molar refractivity (Wildman–Crippen MR) is 42.1 cm³/mol. The van der Waals surface area contributed by atoms with Crippen molar-refractivity contribution < 1.29 is 13.2 Å². The molecule has 1 aromatic heterocycles. The predicted octanol–water partition coefficient (Wildman–Crippen LogP) is 2.27. The van der Waals surface area contributed by atoms with Crippen LogP contribution < -0.4 is 5.73 Å². The summed E-state index contributed by atoms with van der Waals surface area (Å²) in [5.41, 5.74) is 4.41. The number of pyridine rings is 1. The van der Waals surface area contributed by atoms with Crippen LogP contribution in [-0.4, -0.2) is 4.98 Å². The van der Waals surface area contributed by atoms with Crippen molar-refractivity contribution in [2.75, 3.05) is 0 Å². The fourth-order valence-corrected chi connectivity index (χ4v) is 1.05. The van der Waals surface area contributed by atoms with Gasteiger partial charge in [0.15, 0.2) is 0 Å². The van der Waals surface area contributed by atoms with Crippen molar-refractivity contribution in [3.8, 4) is 0 Å². The van der Waals surface area contributed by atoms with Crippen molar-refractivity contribution in [3.05, 3.63) is 28.3 Å². The number of aromatic nitrogens is 1. The molecule has 72 valence electrons. The Morgan fingerprint density at radius 1 is 1.54 bits per heavy atom. The second-order valence-corrected chi connectivity index (χ2v) is 2.71. The molecule has 0 aliphatic rings. The van der Waals surface area contributed by atoms with Crippen LogP contribution in [0.2, 0.25) is 5.02 Å². The first-order valence-electron chi connectivity index (χ1n) is 3.39. The summed E-state index contributed by atoms with van der Waals surface area (Å²) in [7, 11) is 0. The second-order valence-electron chi connectivity index (χ2n) is 2.30. The molecule has 0 saturated heterocycles. The molecule has 0 saturated carbocycles. The van der Waals surface area contributed by atoms with Gasteiger partial charge in [0.1, 0.15) is 0 Å². The van der Waals surface area contributed by atoms with Gasteiger partial charge < -0.3 is 5.73 Å². The SMILES string of the molecule is NCc1nc(F)c(C(F)F)cc1Cl. The third kappa shape index (κ3) is 2.10. The Hall–Kier alpha value is -0.810. The van der Waals surface area contributed by atoms with Crippen LogP contribution in [0, 0.1) is 5.95 Å². The first-order chi connectivity index (χ1) is 6.06. The Morgan fingerprint density at radius 3 is 2.62 bits per heavy atom. The summed E-state index contributed by atoms with van der Waals surface area (Å²) in [4.78, 5) is 3.21. The van der Waals surface area contributed by atoms with E-state index in [-0.39, 0.29) is 17.3 Å². The molecule has 0 aliphatic heterocycles. The van der Waals surface area contributed by atoms with Gasteiger partial charge in [-0.2, -0.15) is 4.39 Å².